The Balaban J connectivity index is 1.51. The Kier molecular flexibility index (Phi) is 7.59. The van der Waals surface area contributed by atoms with Crippen LogP contribution in [0, 0.1) is 35.0 Å². The summed E-state index contributed by atoms with van der Waals surface area (Å²) in [6, 6.07) is 8.45. The van der Waals surface area contributed by atoms with Crippen LogP contribution >= 0.6 is 0 Å². The molecule has 4 rings (SSSR count). The van der Waals surface area contributed by atoms with Gasteiger partial charge in [-0.1, -0.05) is 37.6 Å². The van der Waals surface area contributed by atoms with E-state index in [1.807, 2.05) is 0 Å². The highest BCUT2D eigenvalue weighted by Crippen LogP contribution is 2.38. The molecule has 2 atom stereocenters. The van der Waals surface area contributed by atoms with E-state index in [4.69, 9.17) is 4.74 Å². The molecule has 0 aromatic heterocycles. The molecule has 0 aliphatic carbocycles. The molecule has 0 amide bonds. The third-order valence-electron chi connectivity index (χ3n) is 6.23. The molecule has 0 saturated carbocycles. The average molecular weight is 512 g/mol. The van der Waals surface area contributed by atoms with E-state index in [2.05, 4.69) is 11.7 Å². The highest BCUT2D eigenvalue weighted by Gasteiger charge is 2.38. The molecule has 2 nitrogen and oxygen atoms in total. The van der Waals surface area contributed by atoms with Crippen LogP contribution in [0.1, 0.15) is 49.8 Å². The smallest absolute Gasteiger partial charge is 0.423 e. The van der Waals surface area contributed by atoms with E-state index in [1.54, 1.807) is 24.3 Å². The molecule has 1 aliphatic rings. The maximum absolute atomic E-state index is 14.6. The van der Waals surface area contributed by atoms with E-state index in [-0.39, 0.29) is 23.8 Å². The Morgan fingerprint density at radius 3 is 1.97 bits per heavy atom. The van der Waals surface area contributed by atoms with Crippen molar-refractivity contribution >= 4 is 0 Å². The first kappa shape index (κ1) is 26.0. The standard InChI is InChI=1S/C27H23F7O2/c1-2-3-15-4-9-24(35-14-15)17-7-5-16(6-8-17)18-10-22(30)26(23(31)11-18)36-27(33,34)19-12-20(28)25(32)21(29)13-19/h5-8,10-13,15,24H,2-4,9,14H2,1H3. The van der Waals surface area contributed by atoms with Gasteiger partial charge in [-0.15, -0.1) is 0 Å². The molecule has 3 aromatic rings. The van der Waals surface area contributed by atoms with Crippen molar-refractivity contribution in [1.29, 1.82) is 0 Å². The summed E-state index contributed by atoms with van der Waals surface area (Å²) in [5.74, 6) is -9.55. The zero-order valence-corrected chi connectivity index (χ0v) is 19.3. The minimum atomic E-state index is -4.55. The Hall–Kier alpha value is -3.07. The van der Waals surface area contributed by atoms with Gasteiger partial charge < -0.3 is 9.47 Å². The van der Waals surface area contributed by atoms with Crippen molar-refractivity contribution in [2.45, 2.75) is 44.8 Å². The number of alkyl halides is 2. The van der Waals surface area contributed by atoms with Gasteiger partial charge in [-0.2, -0.15) is 8.78 Å². The fourth-order valence-corrected chi connectivity index (χ4v) is 4.33. The summed E-state index contributed by atoms with van der Waals surface area (Å²) in [7, 11) is 0. The number of hydrogen-bond acceptors (Lipinski definition) is 2. The summed E-state index contributed by atoms with van der Waals surface area (Å²) in [5.41, 5.74) is -0.0211. The first-order valence-corrected chi connectivity index (χ1v) is 11.5. The van der Waals surface area contributed by atoms with Gasteiger partial charge in [0.05, 0.1) is 18.3 Å². The molecule has 1 heterocycles. The van der Waals surface area contributed by atoms with Crippen LogP contribution < -0.4 is 4.74 Å². The van der Waals surface area contributed by atoms with Crippen LogP contribution in [0.5, 0.6) is 5.75 Å². The van der Waals surface area contributed by atoms with Gasteiger partial charge >= 0.3 is 6.11 Å². The van der Waals surface area contributed by atoms with Crippen LogP contribution in [0.2, 0.25) is 0 Å². The van der Waals surface area contributed by atoms with Gasteiger partial charge in [-0.3, -0.25) is 0 Å². The summed E-state index contributed by atoms with van der Waals surface area (Å²) < 4.78 is 108. The molecule has 0 bridgehead atoms. The summed E-state index contributed by atoms with van der Waals surface area (Å²) in [5, 5.41) is 0. The van der Waals surface area contributed by atoms with Gasteiger partial charge in [0.1, 0.15) is 0 Å². The van der Waals surface area contributed by atoms with E-state index < -0.39 is 46.5 Å². The second-order valence-electron chi connectivity index (χ2n) is 8.82. The zero-order chi connectivity index (χ0) is 26.0. The Morgan fingerprint density at radius 1 is 0.833 bits per heavy atom. The lowest BCUT2D eigenvalue weighted by atomic mass is 9.91. The third-order valence-corrected chi connectivity index (χ3v) is 6.23. The molecule has 9 heteroatoms. The van der Waals surface area contributed by atoms with Crippen molar-refractivity contribution in [3.63, 3.8) is 0 Å². The minimum absolute atomic E-state index is 0.00979. The molecular weight excluding hydrogens is 489 g/mol. The molecule has 0 spiro atoms. The summed E-state index contributed by atoms with van der Waals surface area (Å²) in [4.78, 5) is 0. The second kappa shape index (κ2) is 10.5. The highest BCUT2D eigenvalue weighted by atomic mass is 19.3. The van der Waals surface area contributed by atoms with Crippen molar-refractivity contribution < 1.29 is 40.2 Å². The summed E-state index contributed by atoms with van der Waals surface area (Å²) >= 11 is 0. The van der Waals surface area contributed by atoms with Crippen LogP contribution in [-0.4, -0.2) is 6.61 Å². The fraction of sp³-hybridized carbons (Fsp3) is 0.333. The second-order valence-corrected chi connectivity index (χ2v) is 8.82. The molecule has 3 aromatic carbocycles. The molecule has 2 unspecified atom stereocenters. The van der Waals surface area contributed by atoms with Gasteiger partial charge in [0.2, 0.25) is 0 Å². The number of hydrogen-bond donors (Lipinski definition) is 0. The number of ether oxygens (including phenoxy) is 2. The molecule has 1 saturated heterocycles. The number of rotatable bonds is 7. The van der Waals surface area contributed by atoms with E-state index in [9.17, 15) is 30.7 Å². The monoisotopic (exact) mass is 512 g/mol. The lowest BCUT2D eigenvalue weighted by Gasteiger charge is -2.29. The summed E-state index contributed by atoms with van der Waals surface area (Å²) in [6.45, 7) is 2.81. The van der Waals surface area contributed by atoms with Gasteiger partial charge in [0.25, 0.3) is 0 Å². The topological polar surface area (TPSA) is 18.5 Å². The molecule has 192 valence electrons. The van der Waals surface area contributed by atoms with Crippen LogP contribution in [0.4, 0.5) is 30.7 Å². The number of benzene rings is 3. The van der Waals surface area contributed by atoms with Gasteiger partial charge in [-0.05, 0) is 66.1 Å². The van der Waals surface area contributed by atoms with Gasteiger partial charge in [-0.25, -0.2) is 22.0 Å². The summed E-state index contributed by atoms with van der Waals surface area (Å²) in [6.07, 6.45) is -0.469. The van der Waals surface area contributed by atoms with E-state index in [0.29, 0.717) is 18.1 Å². The normalized spacial score (nSPS) is 18.3. The predicted octanol–water partition coefficient (Wildman–Crippen LogP) is 8.45. The lowest BCUT2D eigenvalue weighted by Crippen LogP contribution is -2.24. The first-order valence-electron chi connectivity index (χ1n) is 11.5. The lowest BCUT2D eigenvalue weighted by molar-refractivity contribution is -0.188. The minimum Gasteiger partial charge on any atom is -0.423 e. The Morgan fingerprint density at radius 2 is 1.44 bits per heavy atom. The molecule has 36 heavy (non-hydrogen) atoms. The molecule has 1 aliphatic heterocycles. The van der Waals surface area contributed by atoms with Crippen molar-refractivity contribution in [2.24, 2.45) is 5.92 Å². The maximum Gasteiger partial charge on any atom is 0.427 e. The Bertz CT molecular complexity index is 1170. The zero-order valence-electron chi connectivity index (χ0n) is 19.3. The molecular formula is C27H23F7O2. The van der Waals surface area contributed by atoms with Gasteiger partial charge in [0, 0.05) is 0 Å². The van der Waals surface area contributed by atoms with Crippen LogP contribution in [0.15, 0.2) is 48.5 Å². The fourth-order valence-electron chi connectivity index (χ4n) is 4.33. The Labute approximate surface area is 203 Å². The van der Waals surface area contributed by atoms with E-state index in [1.165, 1.54) is 0 Å². The SMILES string of the molecule is CCCC1CCC(c2ccc(-c3cc(F)c(OC(F)(F)c4cc(F)c(F)c(F)c4)c(F)c3)cc2)OC1. The van der Waals surface area contributed by atoms with Crippen LogP contribution in [0.3, 0.4) is 0 Å². The van der Waals surface area contributed by atoms with Crippen molar-refractivity contribution in [3.8, 4) is 16.9 Å². The molecule has 0 N–H and O–H groups in total. The third kappa shape index (κ3) is 5.51. The average Bonchev–Trinajstić information content (AvgIpc) is 2.85. The van der Waals surface area contributed by atoms with Crippen molar-refractivity contribution in [1.82, 2.24) is 0 Å². The van der Waals surface area contributed by atoms with Crippen molar-refractivity contribution in [3.05, 3.63) is 88.7 Å². The van der Waals surface area contributed by atoms with E-state index >= 15 is 0 Å². The highest BCUT2D eigenvalue weighted by molar-refractivity contribution is 5.65. The first-order chi connectivity index (χ1) is 17.1. The quantitative estimate of drug-likeness (QED) is 0.234. The molecule has 1 fully saturated rings. The largest absolute Gasteiger partial charge is 0.427 e. The van der Waals surface area contributed by atoms with Crippen LogP contribution in [0.25, 0.3) is 11.1 Å². The predicted molar refractivity (Wildman–Crippen MR) is 119 cm³/mol. The van der Waals surface area contributed by atoms with Crippen molar-refractivity contribution in [2.75, 3.05) is 6.61 Å². The van der Waals surface area contributed by atoms with Crippen LogP contribution in [-0.2, 0) is 10.8 Å². The molecule has 0 radical (unpaired) electrons. The maximum atomic E-state index is 14.6. The van der Waals surface area contributed by atoms with E-state index in [0.717, 1.165) is 43.4 Å². The number of halogens is 7. The van der Waals surface area contributed by atoms with Gasteiger partial charge in [0.15, 0.2) is 34.8 Å².